The Labute approximate surface area is 116 Å². The van der Waals surface area contributed by atoms with Crippen molar-refractivity contribution in [3.8, 4) is 0 Å². The zero-order valence-electron chi connectivity index (χ0n) is 12.4. The normalized spacial score (nSPS) is 23.3. The predicted octanol–water partition coefficient (Wildman–Crippen LogP) is 2.60. The summed E-state index contributed by atoms with van der Waals surface area (Å²) in [5, 5.41) is 3.30. The van der Waals surface area contributed by atoms with Gasteiger partial charge in [0, 0.05) is 25.8 Å². The lowest BCUT2D eigenvalue weighted by Crippen LogP contribution is -2.35. The first-order valence-electron chi connectivity index (χ1n) is 7.45. The van der Waals surface area contributed by atoms with Crippen LogP contribution in [0.15, 0.2) is 12.4 Å². The van der Waals surface area contributed by atoms with Crippen LogP contribution in [0.1, 0.15) is 45.2 Å². The van der Waals surface area contributed by atoms with Gasteiger partial charge in [0.15, 0.2) is 0 Å². The lowest BCUT2D eigenvalue weighted by Gasteiger charge is -2.34. The minimum Gasteiger partial charge on any atom is -0.355 e. The van der Waals surface area contributed by atoms with Crippen LogP contribution in [0.5, 0.6) is 0 Å². The van der Waals surface area contributed by atoms with Gasteiger partial charge < -0.3 is 10.2 Å². The predicted molar refractivity (Wildman–Crippen MR) is 79.2 cm³/mol. The van der Waals surface area contributed by atoms with Crippen LogP contribution in [0, 0.1) is 5.92 Å². The molecule has 4 nitrogen and oxygen atoms in total. The maximum Gasteiger partial charge on any atom is 0.147 e. The van der Waals surface area contributed by atoms with Crippen LogP contribution in [0.2, 0.25) is 0 Å². The fourth-order valence-corrected chi connectivity index (χ4v) is 2.72. The minimum atomic E-state index is 0.625. The number of nitrogens with zero attached hydrogens (tertiary/aromatic N) is 3. The Morgan fingerprint density at radius 3 is 2.68 bits per heavy atom. The second-order valence-corrected chi connectivity index (χ2v) is 5.67. The summed E-state index contributed by atoms with van der Waals surface area (Å²) in [6.07, 6.45) is 8.95. The standard InChI is InChI=1S/C15H26N4/c1-4-16-9-13-10-17-11-15(18-13)19(3)14-7-5-12(2)6-8-14/h10-12,14,16H,4-9H2,1-3H3. The van der Waals surface area contributed by atoms with Crippen LogP contribution in [-0.4, -0.2) is 29.6 Å². The van der Waals surface area contributed by atoms with Gasteiger partial charge in [-0.3, -0.25) is 4.98 Å². The molecule has 2 rings (SSSR count). The maximum absolute atomic E-state index is 4.71. The number of hydrogen-bond acceptors (Lipinski definition) is 4. The first-order chi connectivity index (χ1) is 9.20. The topological polar surface area (TPSA) is 41.1 Å². The second-order valence-electron chi connectivity index (χ2n) is 5.67. The van der Waals surface area contributed by atoms with Crippen molar-refractivity contribution in [3.63, 3.8) is 0 Å². The first kappa shape index (κ1) is 14.3. The molecule has 1 aliphatic carbocycles. The molecule has 0 bridgehead atoms. The Hall–Kier alpha value is -1.16. The van der Waals surface area contributed by atoms with E-state index < -0.39 is 0 Å². The smallest absolute Gasteiger partial charge is 0.147 e. The lowest BCUT2D eigenvalue weighted by atomic mass is 9.87. The molecule has 1 fully saturated rings. The molecule has 0 unspecified atom stereocenters. The summed E-state index contributed by atoms with van der Waals surface area (Å²) in [5.41, 5.74) is 1.02. The van der Waals surface area contributed by atoms with Crippen molar-refractivity contribution in [2.75, 3.05) is 18.5 Å². The quantitative estimate of drug-likeness (QED) is 0.885. The highest BCUT2D eigenvalue weighted by Crippen LogP contribution is 2.28. The molecule has 0 spiro atoms. The molecule has 0 atom stereocenters. The summed E-state index contributed by atoms with van der Waals surface area (Å²) < 4.78 is 0. The van der Waals surface area contributed by atoms with Gasteiger partial charge in [-0.25, -0.2) is 4.98 Å². The van der Waals surface area contributed by atoms with Crippen LogP contribution >= 0.6 is 0 Å². The van der Waals surface area contributed by atoms with Crippen LogP contribution in [0.4, 0.5) is 5.82 Å². The SMILES string of the molecule is CCNCc1cncc(N(C)C2CCC(C)CC2)n1. The van der Waals surface area contributed by atoms with Gasteiger partial charge >= 0.3 is 0 Å². The highest BCUT2D eigenvalue weighted by Gasteiger charge is 2.22. The van der Waals surface area contributed by atoms with Gasteiger partial charge in [0.2, 0.25) is 0 Å². The third-order valence-electron chi connectivity index (χ3n) is 4.12. The van der Waals surface area contributed by atoms with E-state index in [1.165, 1.54) is 25.7 Å². The summed E-state index contributed by atoms with van der Waals surface area (Å²) in [6.45, 7) is 6.22. The summed E-state index contributed by atoms with van der Waals surface area (Å²) in [4.78, 5) is 11.3. The van der Waals surface area contributed by atoms with Crippen LogP contribution in [-0.2, 0) is 6.54 Å². The van der Waals surface area contributed by atoms with Gasteiger partial charge in [-0.05, 0) is 38.1 Å². The van der Waals surface area contributed by atoms with Crippen molar-refractivity contribution >= 4 is 5.82 Å². The molecule has 1 aromatic heterocycles. The molecule has 0 amide bonds. The molecule has 1 aliphatic rings. The second kappa shape index (κ2) is 6.85. The van der Waals surface area contributed by atoms with Gasteiger partial charge in [0.1, 0.15) is 5.82 Å². The molecule has 0 aromatic carbocycles. The molecule has 0 radical (unpaired) electrons. The van der Waals surface area contributed by atoms with Crippen molar-refractivity contribution in [2.24, 2.45) is 5.92 Å². The third-order valence-corrected chi connectivity index (χ3v) is 4.12. The number of anilines is 1. The molecule has 1 heterocycles. The van der Waals surface area contributed by atoms with E-state index in [0.29, 0.717) is 6.04 Å². The molecule has 0 aliphatic heterocycles. The van der Waals surface area contributed by atoms with Gasteiger partial charge in [-0.15, -0.1) is 0 Å². The molecule has 19 heavy (non-hydrogen) atoms. The monoisotopic (exact) mass is 262 g/mol. The molecule has 4 heteroatoms. The van der Waals surface area contributed by atoms with Gasteiger partial charge in [0.05, 0.1) is 11.9 Å². The summed E-state index contributed by atoms with van der Waals surface area (Å²) in [5.74, 6) is 1.89. The summed E-state index contributed by atoms with van der Waals surface area (Å²) in [7, 11) is 2.15. The summed E-state index contributed by atoms with van der Waals surface area (Å²) >= 11 is 0. The van der Waals surface area contributed by atoms with Crippen molar-refractivity contribution < 1.29 is 0 Å². The maximum atomic E-state index is 4.71. The lowest BCUT2D eigenvalue weighted by molar-refractivity contribution is 0.339. The van der Waals surface area contributed by atoms with E-state index in [4.69, 9.17) is 4.98 Å². The highest BCUT2D eigenvalue weighted by atomic mass is 15.2. The van der Waals surface area contributed by atoms with Gasteiger partial charge in [-0.2, -0.15) is 0 Å². The van der Waals surface area contributed by atoms with Gasteiger partial charge in [0.25, 0.3) is 0 Å². The van der Waals surface area contributed by atoms with E-state index in [1.54, 1.807) is 0 Å². The van der Waals surface area contributed by atoms with Crippen LogP contribution in [0.3, 0.4) is 0 Å². The number of rotatable bonds is 5. The van der Waals surface area contributed by atoms with E-state index in [2.05, 4.69) is 36.1 Å². The Balaban J connectivity index is 1.99. The minimum absolute atomic E-state index is 0.625. The first-order valence-corrected chi connectivity index (χ1v) is 7.45. The highest BCUT2D eigenvalue weighted by molar-refractivity contribution is 5.36. The van der Waals surface area contributed by atoms with Gasteiger partial charge in [-0.1, -0.05) is 13.8 Å². The van der Waals surface area contributed by atoms with Crippen LogP contribution in [0.25, 0.3) is 0 Å². The number of hydrogen-bond donors (Lipinski definition) is 1. The molecule has 1 aromatic rings. The van der Waals surface area contributed by atoms with E-state index in [1.807, 2.05) is 12.4 Å². The van der Waals surface area contributed by atoms with E-state index in [0.717, 1.165) is 30.5 Å². The average Bonchev–Trinajstić information content (AvgIpc) is 2.45. The van der Waals surface area contributed by atoms with Crippen molar-refractivity contribution in [1.82, 2.24) is 15.3 Å². The number of nitrogens with one attached hydrogen (secondary N) is 1. The fraction of sp³-hybridized carbons (Fsp3) is 0.733. The van der Waals surface area contributed by atoms with E-state index >= 15 is 0 Å². The molecule has 106 valence electrons. The van der Waals surface area contributed by atoms with Crippen LogP contribution < -0.4 is 10.2 Å². The fourth-order valence-electron chi connectivity index (χ4n) is 2.72. The van der Waals surface area contributed by atoms with Crippen molar-refractivity contribution in [2.45, 2.75) is 52.1 Å². The Morgan fingerprint density at radius 1 is 1.26 bits per heavy atom. The van der Waals surface area contributed by atoms with E-state index in [9.17, 15) is 0 Å². The number of aromatic nitrogens is 2. The molecular weight excluding hydrogens is 236 g/mol. The Bertz CT molecular complexity index is 385. The molecule has 1 N–H and O–H groups in total. The Kier molecular flexibility index (Phi) is 5.14. The summed E-state index contributed by atoms with van der Waals surface area (Å²) in [6, 6.07) is 0.625. The molecule has 0 saturated heterocycles. The van der Waals surface area contributed by atoms with Crippen molar-refractivity contribution in [1.29, 1.82) is 0 Å². The van der Waals surface area contributed by atoms with E-state index in [-0.39, 0.29) is 0 Å². The zero-order chi connectivity index (χ0) is 13.7. The average molecular weight is 262 g/mol. The van der Waals surface area contributed by atoms with Crippen molar-refractivity contribution in [3.05, 3.63) is 18.1 Å². The Morgan fingerprint density at radius 2 is 2.00 bits per heavy atom. The zero-order valence-corrected chi connectivity index (χ0v) is 12.4. The third kappa shape index (κ3) is 3.90. The molecule has 1 saturated carbocycles. The largest absolute Gasteiger partial charge is 0.355 e. The molecular formula is C15H26N4.